The van der Waals surface area contributed by atoms with Gasteiger partial charge in [-0.25, -0.2) is 13.2 Å². The van der Waals surface area contributed by atoms with E-state index in [1.165, 1.54) is 4.31 Å². The van der Waals surface area contributed by atoms with Gasteiger partial charge in [0.1, 0.15) is 6.61 Å². The third kappa shape index (κ3) is 4.98. The molecule has 1 fully saturated rings. The summed E-state index contributed by atoms with van der Waals surface area (Å²) >= 11 is 3.48. The molecule has 0 spiro atoms. The summed E-state index contributed by atoms with van der Waals surface area (Å²) in [4.78, 5) is 13.4. The van der Waals surface area contributed by atoms with Crippen molar-refractivity contribution < 1.29 is 22.7 Å². The molecule has 3 aromatic carbocycles. The lowest BCUT2D eigenvalue weighted by Gasteiger charge is -2.44. The van der Waals surface area contributed by atoms with Crippen LogP contribution in [0.3, 0.4) is 0 Å². The lowest BCUT2D eigenvalue weighted by atomic mass is 9.78. The van der Waals surface area contributed by atoms with Crippen molar-refractivity contribution in [3.8, 4) is 0 Å². The number of hydrogen-bond donors (Lipinski definition) is 0. The van der Waals surface area contributed by atoms with Crippen LogP contribution in [0.2, 0.25) is 0 Å². The van der Waals surface area contributed by atoms with Gasteiger partial charge in [0, 0.05) is 22.9 Å². The number of esters is 1. The number of ether oxygens (including phenoxy) is 2. The highest BCUT2D eigenvalue weighted by atomic mass is 79.9. The molecule has 0 unspecified atom stereocenters. The maximum atomic E-state index is 13.8. The molecule has 0 radical (unpaired) electrons. The van der Waals surface area contributed by atoms with Gasteiger partial charge in [0.05, 0.1) is 4.90 Å². The van der Waals surface area contributed by atoms with Crippen LogP contribution in [-0.4, -0.2) is 31.0 Å². The SMILES string of the molecule is Cc1ccc(S(=O)(=O)N2CC[C@H]3[C@@H](c4ccc(Br)cc4)C=C(C(=O)OCc4ccccc4)O[C@]32C)cc1. The summed E-state index contributed by atoms with van der Waals surface area (Å²) in [6.45, 7) is 4.05. The van der Waals surface area contributed by atoms with Gasteiger partial charge in [0.15, 0.2) is 5.72 Å². The van der Waals surface area contributed by atoms with Gasteiger partial charge in [-0.05, 0) is 61.7 Å². The lowest BCUT2D eigenvalue weighted by molar-refractivity contribution is -0.157. The first-order chi connectivity index (χ1) is 17.7. The Bertz CT molecular complexity index is 1420. The van der Waals surface area contributed by atoms with Crippen LogP contribution in [0.15, 0.2) is 100 Å². The molecule has 2 aliphatic heterocycles. The summed E-state index contributed by atoms with van der Waals surface area (Å²) in [7, 11) is -3.88. The molecule has 8 heteroatoms. The zero-order chi connectivity index (χ0) is 26.2. The second kappa shape index (κ2) is 10.1. The molecule has 0 bridgehead atoms. The fraction of sp³-hybridized carbons (Fsp3) is 0.276. The molecule has 192 valence electrons. The van der Waals surface area contributed by atoms with Crippen LogP contribution in [0.5, 0.6) is 0 Å². The number of benzene rings is 3. The van der Waals surface area contributed by atoms with Crippen molar-refractivity contribution in [3.63, 3.8) is 0 Å². The van der Waals surface area contributed by atoms with Gasteiger partial charge < -0.3 is 9.47 Å². The Labute approximate surface area is 226 Å². The van der Waals surface area contributed by atoms with Gasteiger partial charge in [0.2, 0.25) is 15.8 Å². The minimum absolute atomic E-state index is 0.0219. The largest absolute Gasteiger partial charge is 0.464 e. The van der Waals surface area contributed by atoms with Crippen LogP contribution in [0, 0.1) is 12.8 Å². The summed E-state index contributed by atoms with van der Waals surface area (Å²) in [5.41, 5.74) is 1.54. The van der Waals surface area contributed by atoms with Crippen LogP contribution in [-0.2, 0) is 30.9 Å². The van der Waals surface area contributed by atoms with Gasteiger partial charge in [-0.2, -0.15) is 4.31 Å². The topological polar surface area (TPSA) is 72.9 Å². The zero-order valence-corrected chi connectivity index (χ0v) is 23.0. The maximum absolute atomic E-state index is 13.8. The van der Waals surface area contributed by atoms with E-state index in [1.807, 2.05) is 61.5 Å². The molecule has 6 nitrogen and oxygen atoms in total. The average molecular weight is 583 g/mol. The molecule has 2 aliphatic rings. The van der Waals surface area contributed by atoms with Crippen LogP contribution >= 0.6 is 15.9 Å². The van der Waals surface area contributed by atoms with E-state index in [2.05, 4.69) is 15.9 Å². The van der Waals surface area contributed by atoms with E-state index in [-0.39, 0.29) is 35.6 Å². The summed E-state index contributed by atoms with van der Waals surface area (Å²) in [5, 5.41) is 0. The Kier molecular flexibility index (Phi) is 7.00. The number of sulfonamides is 1. The predicted molar refractivity (Wildman–Crippen MR) is 144 cm³/mol. The molecule has 3 atom stereocenters. The standard InChI is InChI=1S/C29H28BrNO5S/c1-20-8-14-24(15-9-20)37(33,34)31-17-16-26-25(22-10-12-23(30)13-11-22)18-27(36-29(26,31)2)28(32)35-19-21-6-4-3-5-7-21/h3-15,18,25-26H,16-17,19H2,1-2H3/t25-,26+,29-/m1/s1. The molecule has 2 heterocycles. The number of fused-ring (bicyclic) bond motifs is 1. The molecule has 0 amide bonds. The summed E-state index contributed by atoms with van der Waals surface area (Å²) < 4.78 is 41.8. The van der Waals surface area contributed by atoms with Crippen molar-refractivity contribution in [1.29, 1.82) is 0 Å². The number of allylic oxidation sites excluding steroid dienone is 1. The Morgan fingerprint density at radius 1 is 1.05 bits per heavy atom. The van der Waals surface area contributed by atoms with E-state index in [0.717, 1.165) is 21.2 Å². The first-order valence-electron chi connectivity index (χ1n) is 12.2. The number of hydrogen-bond acceptors (Lipinski definition) is 5. The number of carbonyl (C=O) groups is 1. The molecule has 3 aromatic rings. The van der Waals surface area contributed by atoms with Crippen LogP contribution in [0.25, 0.3) is 0 Å². The molecular formula is C29H28BrNO5S. The van der Waals surface area contributed by atoms with Crippen molar-refractivity contribution >= 4 is 31.9 Å². The lowest BCUT2D eigenvalue weighted by Crippen LogP contribution is -2.53. The molecule has 5 rings (SSSR count). The molecular weight excluding hydrogens is 554 g/mol. The highest BCUT2D eigenvalue weighted by Crippen LogP contribution is 2.51. The highest BCUT2D eigenvalue weighted by molar-refractivity contribution is 9.10. The van der Waals surface area contributed by atoms with Crippen LogP contribution in [0.4, 0.5) is 0 Å². The fourth-order valence-corrected chi connectivity index (χ4v) is 7.21. The highest BCUT2D eigenvalue weighted by Gasteiger charge is 2.58. The minimum atomic E-state index is -3.88. The van der Waals surface area contributed by atoms with Gasteiger partial charge in [-0.1, -0.05) is 76.1 Å². The average Bonchev–Trinajstić information content (AvgIpc) is 3.26. The molecule has 37 heavy (non-hydrogen) atoms. The van der Waals surface area contributed by atoms with E-state index >= 15 is 0 Å². The first kappa shape index (κ1) is 25.7. The Balaban J connectivity index is 1.51. The third-order valence-electron chi connectivity index (χ3n) is 7.19. The van der Waals surface area contributed by atoms with Gasteiger partial charge in [-0.15, -0.1) is 0 Å². The van der Waals surface area contributed by atoms with E-state index in [9.17, 15) is 13.2 Å². The Morgan fingerprint density at radius 3 is 2.41 bits per heavy atom. The molecule has 1 saturated heterocycles. The number of rotatable bonds is 6. The number of carbonyl (C=O) groups excluding carboxylic acids is 1. The minimum Gasteiger partial charge on any atom is -0.464 e. The maximum Gasteiger partial charge on any atom is 0.373 e. The van der Waals surface area contributed by atoms with Crippen molar-refractivity contribution in [1.82, 2.24) is 4.31 Å². The zero-order valence-electron chi connectivity index (χ0n) is 20.6. The predicted octanol–water partition coefficient (Wildman–Crippen LogP) is 5.93. The van der Waals surface area contributed by atoms with Gasteiger partial charge in [-0.3, -0.25) is 0 Å². The van der Waals surface area contributed by atoms with Crippen molar-refractivity contribution in [3.05, 3.63) is 112 Å². The quantitative estimate of drug-likeness (QED) is 0.337. The second-order valence-corrected chi connectivity index (χ2v) is 12.4. The van der Waals surface area contributed by atoms with Crippen molar-refractivity contribution in [2.24, 2.45) is 5.92 Å². The summed E-state index contributed by atoms with van der Waals surface area (Å²) in [6.07, 6.45) is 2.37. The van der Waals surface area contributed by atoms with E-state index in [1.54, 1.807) is 37.3 Å². The first-order valence-corrected chi connectivity index (χ1v) is 14.4. The molecule has 0 aromatic heterocycles. The van der Waals surface area contributed by atoms with Crippen LogP contribution < -0.4 is 0 Å². The number of nitrogens with zero attached hydrogens (tertiary/aromatic N) is 1. The number of halogens is 1. The van der Waals surface area contributed by atoms with Gasteiger partial charge in [0.25, 0.3) is 0 Å². The van der Waals surface area contributed by atoms with Crippen molar-refractivity contribution in [2.45, 2.75) is 43.4 Å². The summed E-state index contributed by atoms with van der Waals surface area (Å²) in [5.74, 6) is -1.03. The number of aryl methyl sites for hydroxylation is 1. The summed E-state index contributed by atoms with van der Waals surface area (Å²) in [6, 6.07) is 24.0. The monoisotopic (exact) mass is 581 g/mol. The van der Waals surface area contributed by atoms with Crippen molar-refractivity contribution in [2.75, 3.05) is 6.54 Å². The van der Waals surface area contributed by atoms with E-state index in [0.29, 0.717) is 6.42 Å². The normalized spacial score (nSPS) is 23.6. The third-order valence-corrected chi connectivity index (χ3v) is 9.71. The Morgan fingerprint density at radius 2 is 1.73 bits per heavy atom. The Hall–Kier alpha value is -2.94. The molecule has 0 aliphatic carbocycles. The van der Waals surface area contributed by atoms with Crippen LogP contribution in [0.1, 0.15) is 36.0 Å². The fourth-order valence-electron chi connectivity index (χ4n) is 5.22. The van der Waals surface area contributed by atoms with E-state index in [4.69, 9.17) is 9.47 Å². The molecule has 0 N–H and O–H groups in total. The molecule has 0 saturated carbocycles. The van der Waals surface area contributed by atoms with E-state index < -0.39 is 21.7 Å². The smallest absolute Gasteiger partial charge is 0.373 e. The second-order valence-electron chi connectivity index (χ2n) is 9.61. The van der Waals surface area contributed by atoms with Gasteiger partial charge >= 0.3 is 5.97 Å².